The normalized spacial score (nSPS) is 17.8. The maximum Gasteiger partial charge on any atom is 0.573 e. The zero-order valence-electron chi connectivity index (χ0n) is 20.4. The van der Waals surface area contributed by atoms with E-state index >= 15 is 0 Å². The van der Waals surface area contributed by atoms with Gasteiger partial charge in [0.15, 0.2) is 5.75 Å². The summed E-state index contributed by atoms with van der Waals surface area (Å²) in [6.07, 6.45) is -0.0313. The second-order valence-corrected chi connectivity index (χ2v) is 9.48. The molecule has 2 aromatic heterocycles. The van der Waals surface area contributed by atoms with Gasteiger partial charge in [-0.3, -0.25) is 9.78 Å². The van der Waals surface area contributed by atoms with Gasteiger partial charge in [0.2, 0.25) is 0 Å². The molecular weight excluding hydrogens is 487 g/mol. The third kappa shape index (κ3) is 5.53. The van der Waals surface area contributed by atoms with Gasteiger partial charge in [0.05, 0.1) is 28.8 Å². The molecular formula is C25H28F3N7O2. The average molecular weight is 516 g/mol. The molecule has 2 saturated heterocycles. The third-order valence-electron chi connectivity index (χ3n) is 7.01. The number of anilines is 2. The maximum atomic E-state index is 13.0. The second-order valence-electron chi connectivity index (χ2n) is 9.48. The van der Waals surface area contributed by atoms with E-state index in [-0.39, 0.29) is 23.1 Å². The molecule has 4 heterocycles. The highest BCUT2D eigenvalue weighted by Crippen LogP contribution is 2.33. The lowest BCUT2D eigenvalue weighted by Crippen LogP contribution is -2.44. The van der Waals surface area contributed by atoms with Gasteiger partial charge in [-0.15, -0.1) is 13.2 Å². The highest BCUT2D eigenvalue weighted by Gasteiger charge is 2.32. The Hall–Kier alpha value is -3.67. The fraction of sp³-hybridized carbons (Fsp3) is 0.440. The summed E-state index contributed by atoms with van der Waals surface area (Å²) in [6, 6.07) is 5.65. The van der Waals surface area contributed by atoms with Gasteiger partial charge in [-0.05, 0) is 44.2 Å². The summed E-state index contributed by atoms with van der Waals surface area (Å²) in [7, 11) is 2.12. The van der Waals surface area contributed by atoms with E-state index in [0.29, 0.717) is 25.9 Å². The summed E-state index contributed by atoms with van der Waals surface area (Å²) < 4.78 is 41.4. The van der Waals surface area contributed by atoms with Crippen molar-refractivity contribution >= 4 is 28.3 Å². The minimum absolute atomic E-state index is 0.115. The smallest absolute Gasteiger partial charge is 0.404 e. The van der Waals surface area contributed by atoms with Gasteiger partial charge in [-0.1, -0.05) is 0 Å². The van der Waals surface area contributed by atoms with Gasteiger partial charge in [0, 0.05) is 50.7 Å². The first kappa shape index (κ1) is 25.0. The zero-order valence-corrected chi connectivity index (χ0v) is 20.4. The summed E-state index contributed by atoms with van der Waals surface area (Å²) in [5.74, 6) is -0.697. The number of aromatic nitrogens is 3. The van der Waals surface area contributed by atoms with Gasteiger partial charge < -0.3 is 25.2 Å². The number of nitrogen functional groups attached to an aromatic ring is 1. The SMILES string of the molecule is CN1CCN(c2cnc3c(C4CCN(C(=O)c5ccc(OC(F)(F)F)c(N)c5)CC4)ncnc3c2)CC1. The van der Waals surface area contributed by atoms with Gasteiger partial charge in [0.25, 0.3) is 5.91 Å². The van der Waals surface area contributed by atoms with Gasteiger partial charge >= 0.3 is 6.36 Å². The largest absolute Gasteiger partial charge is 0.573 e. The van der Waals surface area contributed by atoms with Crippen molar-refractivity contribution in [2.45, 2.75) is 25.1 Å². The number of hydrogen-bond donors (Lipinski definition) is 1. The van der Waals surface area contributed by atoms with E-state index in [9.17, 15) is 18.0 Å². The Morgan fingerprint density at radius 1 is 1.03 bits per heavy atom. The summed E-state index contributed by atoms with van der Waals surface area (Å²) in [4.78, 5) is 33.0. The van der Waals surface area contributed by atoms with E-state index in [1.807, 2.05) is 6.20 Å². The number of nitrogens with zero attached hydrogens (tertiary/aromatic N) is 6. The van der Waals surface area contributed by atoms with E-state index in [2.05, 4.69) is 37.6 Å². The van der Waals surface area contributed by atoms with Gasteiger partial charge in [0.1, 0.15) is 11.8 Å². The van der Waals surface area contributed by atoms with E-state index in [4.69, 9.17) is 10.7 Å². The van der Waals surface area contributed by atoms with Gasteiger partial charge in [-0.25, -0.2) is 9.97 Å². The molecule has 0 saturated carbocycles. The number of likely N-dealkylation sites (N-methyl/N-ethyl adjacent to an activating group) is 1. The molecule has 37 heavy (non-hydrogen) atoms. The first-order valence-corrected chi connectivity index (χ1v) is 12.2. The fourth-order valence-corrected chi connectivity index (χ4v) is 4.93. The van der Waals surface area contributed by atoms with E-state index in [1.54, 1.807) is 11.2 Å². The molecule has 2 aliphatic heterocycles. The number of piperazine rings is 1. The number of halogens is 3. The molecule has 1 aromatic carbocycles. The molecule has 0 spiro atoms. The van der Waals surface area contributed by atoms with Crippen LogP contribution in [0.3, 0.4) is 0 Å². The number of ether oxygens (including phenoxy) is 1. The summed E-state index contributed by atoms with van der Waals surface area (Å²) >= 11 is 0. The van der Waals surface area contributed by atoms with Crippen LogP contribution in [0.2, 0.25) is 0 Å². The number of alkyl halides is 3. The first-order chi connectivity index (χ1) is 17.7. The number of amides is 1. The molecule has 0 unspecified atom stereocenters. The van der Waals surface area contributed by atoms with Crippen LogP contribution in [0.5, 0.6) is 5.75 Å². The number of rotatable bonds is 4. The van der Waals surface area contributed by atoms with Crippen LogP contribution in [-0.4, -0.2) is 83.3 Å². The van der Waals surface area contributed by atoms with Crippen molar-refractivity contribution in [3.8, 4) is 5.75 Å². The van der Waals surface area contributed by atoms with Crippen molar-refractivity contribution in [1.29, 1.82) is 0 Å². The molecule has 2 N–H and O–H groups in total. The standard InChI is InChI=1S/C25H28F3N7O2/c1-33-8-10-34(11-9-33)18-13-20-23(30-14-18)22(32-15-31-20)16-4-6-35(7-5-16)24(36)17-2-3-21(19(29)12-17)37-25(26,27)28/h2-3,12-16H,4-11,29H2,1H3. The number of carbonyl (C=O) groups excluding carboxylic acids is 1. The molecule has 1 amide bonds. The second kappa shape index (κ2) is 10.0. The highest BCUT2D eigenvalue weighted by atomic mass is 19.4. The summed E-state index contributed by atoms with van der Waals surface area (Å²) in [6.45, 7) is 4.85. The topological polar surface area (TPSA) is 101 Å². The highest BCUT2D eigenvalue weighted by molar-refractivity contribution is 5.95. The maximum absolute atomic E-state index is 13.0. The molecule has 2 fully saturated rings. The number of nitrogens with two attached hydrogens (primary N) is 1. The quantitative estimate of drug-likeness (QED) is 0.529. The Bertz CT molecular complexity index is 1290. The molecule has 9 nitrogen and oxygen atoms in total. The zero-order chi connectivity index (χ0) is 26.2. The van der Waals surface area contributed by atoms with Crippen LogP contribution in [0, 0.1) is 0 Å². The van der Waals surface area contributed by atoms with Crippen LogP contribution >= 0.6 is 0 Å². The van der Waals surface area contributed by atoms with Crippen LogP contribution in [0.25, 0.3) is 11.0 Å². The Morgan fingerprint density at radius 3 is 2.43 bits per heavy atom. The van der Waals surface area contributed by atoms with E-state index in [1.165, 1.54) is 12.1 Å². The molecule has 0 atom stereocenters. The Labute approximate surface area is 212 Å². The van der Waals surface area contributed by atoms with Crippen molar-refractivity contribution in [2.24, 2.45) is 0 Å². The van der Waals surface area contributed by atoms with Crippen LogP contribution in [0.4, 0.5) is 24.5 Å². The van der Waals surface area contributed by atoms with Crippen molar-refractivity contribution in [1.82, 2.24) is 24.8 Å². The summed E-state index contributed by atoms with van der Waals surface area (Å²) in [5.41, 5.74) is 9.17. The monoisotopic (exact) mass is 515 g/mol. The number of carbonyl (C=O) groups is 1. The van der Waals surface area contributed by atoms with E-state index in [0.717, 1.165) is 54.7 Å². The number of piperidine rings is 1. The van der Waals surface area contributed by atoms with Crippen LogP contribution in [0.1, 0.15) is 34.8 Å². The summed E-state index contributed by atoms with van der Waals surface area (Å²) in [5, 5.41) is 0. The number of benzene rings is 1. The molecule has 3 aromatic rings. The Balaban J connectivity index is 1.26. The molecule has 0 aliphatic carbocycles. The number of pyridine rings is 1. The molecule has 196 valence electrons. The van der Waals surface area contributed by atoms with Crippen molar-refractivity contribution in [2.75, 3.05) is 56.9 Å². The van der Waals surface area contributed by atoms with Crippen molar-refractivity contribution < 1.29 is 22.7 Å². The predicted molar refractivity (Wildman–Crippen MR) is 132 cm³/mol. The Kier molecular flexibility index (Phi) is 6.76. The predicted octanol–water partition coefficient (Wildman–Crippen LogP) is 3.28. The fourth-order valence-electron chi connectivity index (χ4n) is 4.93. The van der Waals surface area contributed by atoms with Gasteiger partial charge in [-0.2, -0.15) is 0 Å². The lowest BCUT2D eigenvalue weighted by Gasteiger charge is -2.34. The molecule has 0 bridgehead atoms. The number of hydrogen-bond acceptors (Lipinski definition) is 8. The van der Waals surface area contributed by atoms with Crippen molar-refractivity contribution in [3.05, 3.63) is 48.0 Å². The molecule has 2 aliphatic rings. The number of fused-ring (bicyclic) bond motifs is 1. The van der Waals surface area contributed by atoms with Crippen LogP contribution in [0.15, 0.2) is 36.8 Å². The molecule has 0 radical (unpaired) electrons. The van der Waals surface area contributed by atoms with Crippen molar-refractivity contribution in [3.63, 3.8) is 0 Å². The lowest BCUT2D eigenvalue weighted by molar-refractivity contribution is -0.274. The van der Waals surface area contributed by atoms with Crippen LogP contribution in [-0.2, 0) is 0 Å². The minimum Gasteiger partial charge on any atom is -0.404 e. The van der Waals surface area contributed by atoms with Crippen LogP contribution < -0.4 is 15.4 Å². The average Bonchev–Trinajstić information content (AvgIpc) is 2.88. The lowest BCUT2D eigenvalue weighted by atomic mass is 9.92. The third-order valence-corrected chi connectivity index (χ3v) is 7.01. The number of likely N-dealkylation sites (tertiary alicyclic amines) is 1. The Morgan fingerprint density at radius 2 is 1.76 bits per heavy atom. The first-order valence-electron chi connectivity index (χ1n) is 12.2. The van der Waals surface area contributed by atoms with E-state index < -0.39 is 12.1 Å². The molecule has 12 heteroatoms. The minimum atomic E-state index is -4.85. The molecule has 5 rings (SSSR count).